The lowest BCUT2D eigenvalue weighted by Gasteiger charge is -2.16. The number of carboxylic acids is 1. The molecule has 0 fully saturated rings. The third-order valence-electron chi connectivity index (χ3n) is 3.69. The minimum atomic E-state index is -0.906. The van der Waals surface area contributed by atoms with Gasteiger partial charge in [0.1, 0.15) is 5.75 Å². The van der Waals surface area contributed by atoms with Crippen molar-refractivity contribution in [2.24, 2.45) is 0 Å². The van der Waals surface area contributed by atoms with E-state index in [1.54, 1.807) is 19.2 Å². The van der Waals surface area contributed by atoms with E-state index in [9.17, 15) is 4.79 Å². The van der Waals surface area contributed by atoms with Crippen molar-refractivity contribution in [2.45, 2.75) is 26.4 Å². The number of aryl methyl sites for hydroxylation is 1. The van der Waals surface area contributed by atoms with Crippen molar-refractivity contribution in [3.8, 4) is 5.75 Å². The molecule has 22 heavy (non-hydrogen) atoms. The number of hydrogen-bond donors (Lipinski definition) is 2. The van der Waals surface area contributed by atoms with Crippen LogP contribution in [0.4, 0.5) is 0 Å². The Bertz CT molecular complexity index is 650. The molecule has 0 spiro atoms. The van der Waals surface area contributed by atoms with Crippen LogP contribution in [0.5, 0.6) is 5.75 Å². The van der Waals surface area contributed by atoms with Crippen molar-refractivity contribution in [1.29, 1.82) is 0 Å². The van der Waals surface area contributed by atoms with E-state index >= 15 is 0 Å². The average molecular weight is 299 g/mol. The zero-order chi connectivity index (χ0) is 16.1. The second-order valence-corrected chi connectivity index (χ2v) is 5.35. The normalized spacial score (nSPS) is 12.0. The van der Waals surface area contributed by atoms with E-state index in [1.165, 1.54) is 5.56 Å². The maximum absolute atomic E-state index is 10.9. The van der Waals surface area contributed by atoms with Crippen LogP contribution in [0.25, 0.3) is 0 Å². The van der Waals surface area contributed by atoms with Crippen molar-refractivity contribution in [1.82, 2.24) is 5.32 Å². The first-order chi connectivity index (χ1) is 10.5. The van der Waals surface area contributed by atoms with Gasteiger partial charge in [0.2, 0.25) is 0 Å². The highest BCUT2D eigenvalue weighted by Gasteiger charge is 2.09. The number of carbonyl (C=O) groups is 1. The average Bonchev–Trinajstić information content (AvgIpc) is 2.52. The Morgan fingerprint density at radius 1 is 1.23 bits per heavy atom. The molecule has 0 bridgehead atoms. The zero-order valence-corrected chi connectivity index (χ0v) is 13.1. The summed E-state index contributed by atoms with van der Waals surface area (Å²) in [5.74, 6) is -0.0387. The Morgan fingerprint density at radius 2 is 1.91 bits per heavy atom. The van der Waals surface area contributed by atoms with Gasteiger partial charge in [-0.25, -0.2) is 4.79 Å². The number of carboxylic acid groups (broad SMARTS) is 1. The molecule has 0 aliphatic heterocycles. The fraction of sp³-hybridized carbons (Fsp3) is 0.278. The molecule has 2 aromatic carbocycles. The quantitative estimate of drug-likeness (QED) is 0.856. The summed E-state index contributed by atoms with van der Waals surface area (Å²) < 4.78 is 5.38. The summed E-state index contributed by atoms with van der Waals surface area (Å²) in [6, 6.07) is 13.2. The molecular formula is C18H21NO3. The fourth-order valence-corrected chi connectivity index (χ4v) is 2.34. The monoisotopic (exact) mass is 299 g/mol. The van der Waals surface area contributed by atoms with Crippen LogP contribution in [0.2, 0.25) is 0 Å². The molecule has 0 heterocycles. The van der Waals surface area contributed by atoms with E-state index in [2.05, 4.69) is 25.2 Å². The van der Waals surface area contributed by atoms with Crippen LogP contribution in [-0.4, -0.2) is 18.2 Å². The summed E-state index contributed by atoms with van der Waals surface area (Å²) in [5, 5.41) is 12.4. The highest BCUT2D eigenvalue weighted by atomic mass is 16.5. The molecular weight excluding hydrogens is 278 g/mol. The van der Waals surface area contributed by atoms with Gasteiger partial charge in [0, 0.05) is 18.2 Å². The molecule has 0 aromatic heterocycles. The van der Waals surface area contributed by atoms with Gasteiger partial charge in [-0.2, -0.15) is 0 Å². The van der Waals surface area contributed by atoms with Crippen LogP contribution in [0.15, 0.2) is 42.5 Å². The van der Waals surface area contributed by atoms with E-state index in [4.69, 9.17) is 9.84 Å². The smallest absolute Gasteiger partial charge is 0.335 e. The third-order valence-corrected chi connectivity index (χ3v) is 3.69. The lowest BCUT2D eigenvalue weighted by Crippen LogP contribution is -2.18. The molecule has 0 saturated carbocycles. The Balaban J connectivity index is 2.05. The highest BCUT2D eigenvalue weighted by molar-refractivity contribution is 5.87. The summed E-state index contributed by atoms with van der Waals surface area (Å²) in [6.07, 6.45) is 0. The number of methoxy groups -OCH3 is 1. The molecule has 0 radical (unpaired) electrons. The molecule has 1 atom stereocenters. The summed E-state index contributed by atoms with van der Waals surface area (Å²) in [5.41, 5.74) is 3.65. The molecule has 4 heteroatoms. The lowest BCUT2D eigenvalue weighted by molar-refractivity contribution is 0.0697. The van der Waals surface area contributed by atoms with Gasteiger partial charge in [-0.15, -0.1) is 0 Å². The maximum Gasteiger partial charge on any atom is 0.335 e. The minimum Gasteiger partial charge on any atom is -0.496 e. The molecule has 116 valence electrons. The van der Waals surface area contributed by atoms with E-state index in [0.29, 0.717) is 12.1 Å². The molecule has 0 aliphatic carbocycles. The van der Waals surface area contributed by atoms with Crippen LogP contribution in [-0.2, 0) is 6.54 Å². The third kappa shape index (κ3) is 3.86. The molecule has 0 unspecified atom stereocenters. The predicted molar refractivity (Wildman–Crippen MR) is 86.4 cm³/mol. The SMILES string of the molecule is COc1ccc(C)cc1CN[C@H](C)c1ccc(C(=O)O)cc1. The van der Waals surface area contributed by atoms with Gasteiger partial charge < -0.3 is 15.2 Å². The predicted octanol–water partition coefficient (Wildman–Crippen LogP) is 3.55. The van der Waals surface area contributed by atoms with Crippen LogP contribution in [0, 0.1) is 6.92 Å². The van der Waals surface area contributed by atoms with E-state index in [-0.39, 0.29) is 6.04 Å². The van der Waals surface area contributed by atoms with Crippen molar-refractivity contribution < 1.29 is 14.6 Å². The Morgan fingerprint density at radius 3 is 2.50 bits per heavy atom. The van der Waals surface area contributed by atoms with Gasteiger partial charge in [0.25, 0.3) is 0 Å². The van der Waals surface area contributed by atoms with E-state index < -0.39 is 5.97 Å². The van der Waals surface area contributed by atoms with Gasteiger partial charge in [-0.1, -0.05) is 29.8 Å². The second kappa shape index (κ2) is 7.09. The standard InChI is InChI=1S/C18H21NO3/c1-12-4-9-17(22-3)16(10-12)11-19-13(2)14-5-7-15(8-6-14)18(20)21/h4-10,13,19H,11H2,1-3H3,(H,20,21)/t13-/m1/s1. The van der Waals surface area contributed by atoms with E-state index in [1.807, 2.05) is 24.3 Å². The fourth-order valence-electron chi connectivity index (χ4n) is 2.34. The maximum atomic E-state index is 10.9. The largest absolute Gasteiger partial charge is 0.496 e. The van der Waals surface area contributed by atoms with Gasteiger partial charge in [-0.3, -0.25) is 0 Å². The summed E-state index contributed by atoms with van der Waals surface area (Å²) >= 11 is 0. The number of aromatic carboxylic acids is 1. The van der Waals surface area contributed by atoms with Gasteiger partial charge in [0.05, 0.1) is 12.7 Å². The minimum absolute atomic E-state index is 0.119. The van der Waals surface area contributed by atoms with Crippen LogP contribution >= 0.6 is 0 Å². The molecule has 0 aliphatic rings. The first-order valence-electron chi connectivity index (χ1n) is 7.21. The second-order valence-electron chi connectivity index (χ2n) is 5.35. The summed E-state index contributed by atoms with van der Waals surface area (Å²) in [4.78, 5) is 10.9. The van der Waals surface area contributed by atoms with Crippen LogP contribution in [0.3, 0.4) is 0 Å². The number of hydrogen-bond acceptors (Lipinski definition) is 3. The topological polar surface area (TPSA) is 58.6 Å². The van der Waals surface area contributed by atoms with Crippen LogP contribution < -0.4 is 10.1 Å². The Kier molecular flexibility index (Phi) is 5.17. The molecule has 2 N–H and O–H groups in total. The summed E-state index contributed by atoms with van der Waals surface area (Å²) in [6.45, 7) is 4.79. The first kappa shape index (κ1) is 16.0. The number of nitrogens with one attached hydrogen (secondary N) is 1. The highest BCUT2D eigenvalue weighted by Crippen LogP contribution is 2.21. The molecule has 0 saturated heterocycles. The van der Waals surface area contributed by atoms with Crippen LogP contribution in [0.1, 0.15) is 40.0 Å². The molecule has 2 rings (SSSR count). The summed E-state index contributed by atoms with van der Waals surface area (Å²) in [7, 11) is 1.67. The van der Waals surface area contributed by atoms with Crippen molar-refractivity contribution in [3.05, 3.63) is 64.7 Å². The lowest BCUT2D eigenvalue weighted by atomic mass is 10.1. The molecule has 0 amide bonds. The first-order valence-corrected chi connectivity index (χ1v) is 7.21. The van der Waals surface area contributed by atoms with Crippen molar-refractivity contribution in [2.75, 3.05) is 7.11 Å². The molecule has 2 aromatic rings. The Labute approximate surface area is 130 Å². The van der Waals surface area contributed by atoms with Gasteiger partial charge in [0.15, 0.2) is 0 Å². The Hall–Kier alpha value is -2.33. The van der Waals surface area contributed by atoms with Gasteiger partial charge in [-0.05, 0) is 37.6 Å². The number of benzene rings is 2. The van der Waals surface area contributed by atoms with Crippen molar-refractivity contribution >= 4 is 5.97 Å². The van der Waals surface area contributed by atoms with Crippen molar-refractivity contribution in [3.63, 3.8) is 0 Å². The molecule has 4 nitrogen and oxygen atoms in total. The number of rotatable bonds is 6. The zero-order valence-electron chi connectivity index (χ0n) is 13.1. The van der Waals surface area contributed by atoms with E-state index in [0.717, 1.165) is 16.9 Å². The number of ether oxygens (including phenoxy) is 1. The van der Waals surface area contributed by atoms with Gasteiger partial charge >= 0.3 is 5.97 Å².